The summed E-state index contributed by atoms with van der Waals surface area (Å²) < 4.78 is 5.28. The molecule has 1 atom stereocenters. The van der Waals surface area contributed by atoms with Crippen LogP contribution in [-0.4, -0.2) is 16.1 Å². The lowest BCUT2D eigenvalue weighted by Crippen LogP contribution is -2.28. The highest BCUT2D eigenvalue weighted by molar-refractivity contribution is 5.93. The van der Waals surface area contributed by atoms with Crippen LogP contribution in [0.5, 0.6) is 0 Å². The molecule has 0 aliphatic carbocycles. The molecule has 0 bridgehead atoms. The summed E-state index contributed by atoms with van der Waals surface area (Å²) in [6, 6.07) is 15.2. The summed E-state index contributed by atoms with van der Waals surface area (Å²) in [5, 5.41) is 9.88. The van der Waals surface area contributed by atoms with Crippen LogP contribution in [0.1, 0.15) is 35.4 Å². The number of nitrogens with one attached hydrogen (secondary N) is 2. The van der Waals surface area contributed by atoms with Crippen LogP contribution in [0.25, 0.3) is 11.5 Å². The van der Waals surface area contributed by atoms with Gasteiger partial charge in [0.15, 0.2) is 11.5 Å². The van der Waals surface area contributed by atoms with E-state index in [0.29, 0.717) is 17.1 Å². The van der Waals surface area contributed by atoms with Gasteiger partial charge in [-0.05, 0) is 24.1 Å². The number of aromatic amines is 1. The first kappa shape index (κ1) is 14.1. The summed E-state index contributed by atoms with van der Waals surface area (Å²) >= 11 is 0. The van der Waals surface area contributed by atoms with E-state index in [1.165, 1.54) is 0 Å². The molecule has 0 saturated heterocycles. The first-order chi connectivity index (χ1) is 10.8. The Morgan fingerprint density at radius 1 is 1.27 bits per heavy atom. The number of benzene rings is 1. The second kappa shape index (κ2) is 6.30. The van der Waals surface area contributed by atoms with E-state index in [1.807, 2.05) is 43.3 Å². The Bertz CT molecular complexity index is 732. The molecule has 2 aromatic heterocycles. The number of rotatable bonds is 5. The fourth-order valence-electron chi connectivity index (χ4n) is 2.33. The standard InChI is InChI=1S/C17H17N3O2/c1-2-13(12-7-4-3-5-8-12)18-17(21)15-11-14(19-20-15)16-9-6-10-22-16/h3-11,13H,2H2,1H3,(H,18,21)(H,19,20). The van der Waals surface area contributed by atoms with Crippen molar-refractivity contribution in [1.29, 1.82) is 0 Å². The lowest BCUT2D eigenvalue weighted by atomic mass is 10.0. The zero-order chi connectivity index (χ0) is 15.4. The zero-order valence-corrected chi connectivity index (χ0v) is 12.2. The van der Waals surface area contributed by atoms with Crippen LogP contribution in [0.2, 0.25) is 0 Å². The Kier molecular flexibility index (Phi) is 4.05. The van der Waals surface area contributed by atoms with Crippen LogP contribution >= 0.6 is 0 Å². The minimum absolute atomic E-state index is 0.0301. The van der Waals surface area contributed by atoms with Gasteiger partial charge in [-0.15, -0.1) is 0 Å². The van der Waals surface area contributed by atoms with E-state index in [9.17, 15) is 4.79 Å². The highest BCUT2D eigenvalue weighted by Gasteiger charge is 2.17. The number of H-pyrrole nitrogens is 1. The van der Waals surface area contributed by atoms with Crippen LogP contribution in [0.3, 0.4) is 0 Å². The molecule has 0 spiro atoms. The maximum atomic E-state index is 12.3. The largest absolute Gasteiger partial charge is 0.463 e. The second-order valence-electron chi connectivity index (χ2n) is 4.99. The summed E-state index contributed by atoms with van der Waals surface area (Å²) in [7, 11) is 0. The van der Waals surface area contributed by atoms with Crippen molar-refractivity contribution in [2.75, 3.05) is 0 Å². The van der Waals surface area contributed by atoms with Gasteiger partial charge in [0.05, 0.1) is 12.3 Å². The number of carbonyl (C=O) groups excluding carboxylic acids is 1. The molecule has 2 heterocycles. The van der Waals surface area contributed by atoms with E-state index >= 15 is 0 Å². The summed E-state index contributed by atoms with van der Waals surface area (Å²) in [5.41, 5.74) is 2.11. The SMILES string of the molecule is CCC(NC(=O)c1cc(-c2ccco2)[nH]n1)c1ccccc1. The molecule has 5 nitrogen and oxygen atoms in total. The van der Waals surface area contributed by atoms with Gasteiger partial charge in [-0.25, -0.2) is 0 Å². The number of amides is 1. The van der Waals surface area contributed by atoms with Crippen LogP contribution in [0.15, 0.2) is 59.2 Å². The van der Waals surface area contributed by atoms with Gasteiger partial charge in [0, 0.05) is 6.07 Å². The van der Waals surface area contributed by atoms with E-state index in [0.717, 1.165) is 12.0 Å². The Morgan fingerprint density at radius 3 is 2.77 bits per heavy atom. The number of hydrogen-bond donors (Lipinski definition) is 2. The molecule has 5 heteroatoms. The number of carbonyl (C=O) groups is 1. The third kappa shape index (κ3) is 2.93. The fraction of sp³-hybridized carbons (Fsp3) is 0.176. The number of furan rings is 1. The summed E-state index contributed by atoms with van der Waals surface area (Å²) in [5.74, 6) is 0.450. The molecular weight excluding hydrogens is 278 g/mol. The average Bonchev–Trinajstić information content (AvgIpc) is 3.23. The predicted molar refractivity (Wildman–Crippen MR) is 83.2 cm³/mol. The van der Waals surface area contributed by atoms with Gasteiger partial charge in [-0.1, -0.05) is 37.3 Å². The van der Waals surface area contributed by atoms with Gasteiger partial charge in [0.1, 0.15) is 5.69 Å². The third-order valence-electron chi connectivity index (χ3n) is 3.51. The monoisotopic (exact) mass is 295 g/mol. The van der Waals surface area contributed by atoms with Crippen molar-refractivity contribution < 1.29 is 9.21 Å². The summed E-state index contributed by atoms with van der Waals surface area (Å²) in [6.07, 6.45) is 2.39. The maximum absolute atomic E-state index is 12.3. The minimum Gasteiger partial charge on any atom is -0.463 e. The Hall–Kier alpha value is -2.82. The van der Waals surface area contributed by atoms with Gasteiger partial charge < -0.3 is 9.73 Å². The van der Waals surface area contributed by atoms with E-state index in [4.69, 9.17) is 4.42 Å². The fourth-order valence-corrected chi connectivity index (χ4v) is 2.33. The van der Waals surface area contributed by atoms with Gasteiger partial charge in [-0.2, -0.15) is 5.10 Å². The van der Waals surface area contributed by atoms with Gasteiger partial charge in [0.2, 0.25) is 0 Å². The highest BCUT2D eigenvalue weighted by Crippen LogP contribution is 2.19. The molecule has 1 amide bonds. The van der Waals surface area contributed by atoms with Crippen LogP contribution in [0.4, 0.5) is 0 Å². The van der Waals surface area contributed by atoms with Crippen LogP contribution < -0.4 is 5.32 Å². The lowest BCUT2D eigenvalue weighted by molar-refractivity contribution is 0.0930. The predicted octanol–water partition coefficient (Wildman–Crippen LogP) is 3.55. The number of nitrogens with zero attached hydrogens (tertiary/aromatic N) is 1. The van der Waals surface area contributed by atoms with Crippen molar-refractivity contribution in [1.82, 2.24) is 15.5 Å². The molecule has 0 aliphatic rings. The lowest BCUT2D eigenvalue weighted by Gasteiger charge is -2.16. The summed E-state index contributed by atoms with van der Waals surface area (Å²) in [4.78, 5) is 12.3. The Labute approximate surface area is 128 Å². The molecule has 0 fully saturated rings. The smallest absolute Gasteiger partial charge is 0.272 e. The normalized spacial score (nSPS) is 12.0. The van der Waals surface area contributed by atoms with E-state index in [2.05, 4.69) is 15.5 Å². The summed E-state index contributed by atoms with van der Waals surface area (Å²) in [6.45, 7) is 2.04. The van der Waals surface area contributed by atoms with Crippen molar-refractivity contribution in [2.24, 2.45) is 0 Å². The van der Waals surface area contributed by atoms with Gasteiger partial charge in [-0.3, -0.25) is 9.89 Å². The first-order valence-electron chi connectivity index (χ1n) is 7.23. The molecule has 1 aromatic carbocycles. The molecule has 3 aromatic rings. The molecule has 112 valence electrons. The third-order valence-corrected chi connectivity index (χ3v) is 3.51. The van der Waals surface area contributed by atoms with Crippen molar-refractivity contribution >= 4 is 5.91 Å². The van der Waals surface area contributed by atoms with E-state index in [1.54, 1.807) is 18.4 Å². The second-order valence-corrected chi connectivity index (χ2v) is 4.99. The molecule has 3 rings (SSSR count). The number of aromatic nitrogens is 2. The first-order valence-corrected chi connectivity index (χ1v) is 7.23. The van der Waals surface area contributed by atoms with Crippen molar-refractivity contribution in [3.8, 4) is 11.5 Å². The maximum Gasteiger partial charge on any atom is 0.272 e. The van der Waals surface area contributed by atoms with Crippen LogP contribution in [0, 0.1) is 0 Å². The van der Waals surface area contributed by atoms with Crippen molar-refractivity contribution in [2.45, 2.75) is 19.4 Å². The molecule has 0 saturated carbocycles. The molecule has 0 radical (unpaired) electrons. The van der Waals surface area contributed by atoms with Gasteiger partial charge >= 0.3 is 0 Å². The quantitative estimate of drug-likeness (QED) is 0.756. The van der Waals surface area contributed by atoms with Gasteiger partial charge in [0.25, 0.3) is 5.91 Å². The molecular formula is C17H17N3O2. The Morgan fingerprint density at radius 2 is 2.09 bits per heavy atom. The van der Waals surface area contributed by atoms with E-state index < -0.39 is 0 Å². The average molecular weight is 295 g/mol. The minimum atomic E-state index is -0.204. The Balaban J connectivity index is 1.74. The molecule has 1 unspecified atom stereocenters. The zero-order valence-electron chi connectivity index (χ0n) is 12.2. The van der Waals surface area contributed by atoms with Crippen LogP contribution in [-0.2, 0) is 0 Å². The van der Waals surface area contributed by atoms with Crippen molar-refractivity contribution in [3.63, 3.8) is 0 Å². The highest BCUT2D eigenvalue weighted by atomic mass is 16.3. The number of hydrogen-bond acceptors (Lipinski definition) is 3. The molecule has 22 heavy (non-hydrogen) atoms. The van der Waals surface area contributed by atoms with E-state index in [-0.39, 0.29) is 11.9 Å². The topological polar surface area (TPSA) is 70.9 Å². The molecule has 2 N–H and O–H groups in total. The van der Waals surface area contributed by atoms with Crippen molar-refractivity contribution in [3.05, 3.63) is 66.1 Å². The molecule has 0 aliphatic heterocycles.